The molecule has 0 amide bonds. The molecule has 2 aromatic carbocycles. The molecular formula is C17H21NO2S. The van der Waals surface area contributed by atoms with Crippen molar-refractivity contribution in [2.24, 2.45) is 0 Å². The Morgan fingerprint density at radius 2 is 1.57 bits per heavy atom. The van der Waals surface area contributed by atoms with Crippen molar-refractivity contribution in [3.05, 3.63) is 65.7 Å². The van der Waals surface area contributed by atoms with E-state index in [0.29, 0.717) is 0 Å². The molecule has 0 saturated carbocycles. The summed E-state index contributed by atoms with van der Waals surface area (Å²) in [5, 5.41) is 10.1. The third-order valence-corrected chi connectivity index (χ3v) is 4.72. The third kappa shape index (κ3) is 3.93. The van der Waals surface area contributed by atoms with Crippen LogP contribution in [0.2, 0.25) is 0 Å². The first kappa shape index (κ1) is 15.7. The van der Waals surface area contributed by atoms with E-state index >= 15 is 0 Å². The zero-order chi connectivity index (χ0) is 15.5. The maximum absolute atomic E-state index is 12.5. The molecule has 112 valence electrons. The van der Waals surface area contributed by atoms with Gasteiger partial charge in [-0.2, -0.15) is 0 Å². The maximum Gasteiger partial charge on any atom is 0.120 e. The Balaban J connectivity index is 2.41. The zero-order valence-corrected chi connectivity index (χ0v) is 13.4. The topological polar surface area (TPSA) is 49.3 Å². The molecule has 0 aliphatic rings. The summed E-state index contributed by atoms with van der Waals surface area (Å²) in [5.41, 5.74) is 1.69. The molecule has 0 saturated heterocycles. The van der Waals surface area contributed by atoms with Crippen LogP contribution in [0.5, 0.6) is 5.75 Å². The fourth-order valence-corrected chi connectivity index (χ4v) is 2.80. The Morgan fingerprint density at radius 1 is 1.00 bits per heavy atom. The maximum atomic E-state index is 12.5. The summed E-state index contributed by atoms with van der Waals surface area (Å²) in [6.45, 7) is 5.76. The Labute approximate surface area is 128 Å². The van der Waals surface area contributed by atoms with Crippen LogP contribution < -0.4 is 4.72 Å². The molecule has 3 nitrogen and oxygen atoms in total. The van der Waals surface area contributed by atoms with E-state index in [0.717, 1.165) is 11.1 Å². The minimum atomic E-state index is -1.24. The smallest absolute Gasteiger partial charge is 0.120 e. The monoisotopic (exact) mass is 303 g/mol. The lowest BCUT2D eigenvalue weighted by Gasteiger charge is -2.25. The highest BCUT2D eigenvalue weighted by Gasteiger charge is 2.25. The van der Waals surface area contributed by atoms with E-state index in [2.05, 4.69) is 4.72 Å². The molecule has 0 spiro atoms. The molecule has 2 N–H and O–H groups in total. The second-order valence-electron chi connectivity index (χ2n) is 5.90. The van der Waals surface area contributed by atoms with Crippen molar-refractivity contribution in [1.29, 1.82) is 0 Å². The van der Waals surface area contributed by atoms with Crippen molar-refractivity contribution in [3.63, 3.8) is 0 Å². The molecule has 0 aromatic heterocycles. The summed E-state index contributed by atoms with van der Waals surface area (Å²) in [6.07, 6.45) is 0. The Kier molecular flexibility index (Phi) is 4.80. The van der Waals surface area contributed by atoms with E-state index in [1.807, 2.05) is 63.2 Å². The minimum Gasteiger partial charge on any atom is -0.508 e. The number of para-hydroxylation sites is 1. The largest absolute Gasteiger partial charge is 0.508 e. The van der Waals surface area contributed by atoms with Gasteiger partial charge in [-0.05, 0) is 32.4 Å². The SMILES string of the molecule is CC(C)(C)S(=O)N[C@H](c1ccccc1)c1ccccc1O. The molecule has 2 aromatic rings. The van der Waals surface area contributed by atoms with Gasteiger partial charge in [-0.1, -0.05) is 48.5 Å². The van der Waals surface area contributed by atoms with Crippen molar-refractivity contribution in [3.8, 4) is 5.75 Å². The first-order valence-electron chi connectivity index (χ1n) is 6.90. The van der Waals surface area contributed by atoms with Crippen molar-refractivity contribution < 1.29 is 9.32 Å². The molecule has 2 rings (SSSR count). The lowest BCUT2D eigenvalue weighted by atomic mass is 9.99. The van der Waals surface area contributed by atoms with Gasteiger partial charge in [0, 0.05) is 5.56 Å². The quantitative estimate of drug-likeness (QED) is 0.907. The zero-order valence-electron chi connectivity index (χ0n) is 12.5. The normalized spacial score (nSPS) is 14.6. The van der Waals surface area contributed by atoms with Crippen LogP contribution in [-0.2, 0) is 11.0 Å². The van der Waals surface area contributed by atoms with E-state index in [-0.39, 0.29) is 16.5 Å². The second kappa shape index (κ2) is 6.41. The minimum absolute atomic E-state index is 0.199. The molecule has 0 heterocycles. The summed E-state index contributed by atoms with van der Waals surface area (Å²) in [7, 11) is -1.24. The Hall–Kier alpha value is -1.65. The number of hydrogen-bond donors (Lipinski definition) is 2. The average molecular weight is 303 g/mol. The molecule has 21 heavy (non-hydrogen) atoms. The second-order valence-corrected chi connectivity index (χ2v) is 7.90. The number of rotatable bonds is 4. The van der Waals surface area contributed by atoms with Gasteiger partial charge >= 0.3 is 0 Å². The van der Waals surface area contributed by atoms with Gasteiger partial charge in [-0.25, -0.2) is 8.93 Å². The van der Waals surface area contributed by atoms with Crippen LogP contribution in [-0.4, -0.2) is 14.1 Å². The van der Waals surface area contributed by atoms with Crippen LogP contribution in [0.25, 0.3) is 0 Å². The number of aromatic hydroxyl groups is 1. The molecule has 0 aliphatic carbocycles. The van der Waals surface area contributed by atoms with Gasteiger partial charge in [0.05, 0.1) is 21.8 Å². The summed E-state index contributed by atoms with van der Waals surface area (Å²) >= 11 is 0. The highest BCUT2D eigenvalue weighted by atomic mass is 32.2. The molecule has 0 bridgehead atoms. The summed E-state index contributed by atoms with van der Waals surface area (Å²) in [4.78, 5) is 0. The fraction of sp³-hybridized carbons (Fsp3) is 0.294. The van der Waals surface area contributed by atoms with Gasteiger partial charge in [0.2, 0.25) is 0 Å². The molecule has 2 atom stereocenters. The van der Waals surface area contributed by atoms with E-state index in [1.54, 1.807) is 12.1 Å². The number of phenols is 1. The molecule has 1 unspecified atom stereocenters. The van der Waals surface area contributed by atoms with Crippen LogP contribution in [0.3, 0.4) is 0 Å². The summed E-state index contributed by atoms with van der Waals surface area (Å²) < 4.78 is 15.2. The first-order valence-corrected chi connectivity index (χ1v) is 8.05. The summed E-state index contributed by atoms with van der Waals surface area (Å²) in [6, 6.07) is 16.6. The van der Waals surface area contributed by atoms with Gasteiger partial charge in [0.25, 0.3) is 0 Å². The highest BCUT2D eigenvalue weighted by molar-refractivity contribution is 7.84. The van der Waals surface area contributed by atoms with Gasteiger partial charge in [-0.3, -0.25) is 0 Å². The van der Waals surface area contributed by atoms with Gasteiger partial charge < -0.3 is 5.11 Å². The number of hydrogen-bond acceptors (Lipinski definition) is 2. The van der Waals surface area contributed by atoms with Gasteiger partial charge in [-0.15, -0.1) is 0 Å². The molecule has 4 heteroatoms. The standard InChI is InChI=1S/C17H21NO2S/c1-17(2,3)21(20)18-16(13-9-5-4-6-10-13)14-11-7-8-12-15(14)19/h4-12,16,18-19H,1-3H3/t16-,21?/m1/s1. The van der Waals surface area contributed by atoms with Crippen molar-refractivity contribution in [2.45, 2.75) is 31.6 Å². The lowest BCUT2D eigenvalue weighted by Crippen LogP contribution is -2.36. The van der Waals surface area contributed by atoms with Crippen molar-refractivity contribution >= 4 is 11.0 Å². The lowest BCUT2D eigenvalue weighted by molar-refractivity contribution is 0.463. The van der Waals surface area contributed by atoms with Gasteiger partial charge in [0.15, 0.2) is 0 Å². The highest BCUT2D eigenvalue weighted by Crippen LogP contribution is 2.30. The predicted molar refractivity (Wildman–Crippen MR) is 87.4 cm³/mol. The van der Waals surface area contributed by atoms with Crippen LogP contribution in [0, 0.1) is 0 Å². The van der Waals surface area contributed by atoms with Crippen LogP contribution >= 0.6 is 0 Å². The van der Waals surface area contributed by atoms with E-state index in [4.69, 9.17) is 0 Å². The van der Waals surface area contributed by atoms with Crippen LogP contribution in [0.15, 0.2) is 54.6 Å². The molecule has 0 radical (unpaired) electrons. The fourth-order valence-electron chi connectivity index (χ4n) is 1.97. The summed E-state index contributed by atoms with van der Waals surface area (Å²) in [5.74, 6) is 0.199. The number of phenolic OH excluding ortho intramolecular Hbond substituents is 1. The third-order valence-electron chi connectivity index (χ3n) is 3.16. The molecule has 0 aliphatic heterocycles. The number of nitrogens with one attached hydrogen (secondary N) is 1. The average Bonchev–Trinajstić information content (AvgIpc) is 2.45. The Bertz CT molecular complexity index is 620. The van der Waals surface area contributed by atoms with E-state index < -0.39 is 11.0 Å². The van der Waals surface area contributed by atoms with Crippen LogP contribution in [0.1, 0.15) is 37.9 Å². The first-order chi connectivity index (χ1) is 9.89. The molecule has 0 fully saturated rings. The van der Waals surface area contributed by atoms with E-state index in [1.165, 1.54) is 0 Å². The van der Waals surface area contributed by atoms with Crippen molar-refractivity contribution in [1.82, 2.24) is 4.72 Å². The number of benzene rings is 2. The van der Waals surface area contributed by atoms with Gasteiger partial charge in [0.1, 0.15) is 5.75 Å². The Morgan fingerprint density at radius 3 is 2.14 bits per heavy atom. The predicted octanol–water partition coefficient (Wildman–Crippen LogP) is 3.53. The van der Waals surface area contributed by atoms with Crippen molar-refractivity contribution in [2.75, 3.05) is 0 Å². The molecular weight excluding hydrogens is 282 g/mol. The van der Waals surface area contributed by atoms with Crippen LogP contribution in [0.4, 0.5) is 0 Å². The van der Waals surface area contributed by atoms with E-state index in [9.17, 15) is 9.32 Å².